The first kappa shape index (κ1) is 9.26. The maximum absolute atomic E-state index is 3.73. The minimum atomic E-state index is 1.00. The number of fused-ring (bicyclic) bond motifs is 2. The Hall–Kier alpha value is -0.300. The Balaban J connectivity index is 1.63. The topological polar surface area (TPSA) is 12.0 Å². The van der Waals surface area contributed by atoms with Gasteiger partial charge in [-0.25, -0.2) is 0 Å². The van der Waals surface area contributed by atoms with Gasteiger partial charge in [-0.2, -0.15) is 0 Å². The number of nitrogens with one attached hydrogen (secondary N) is 1. The molecule has 0 aromatic rings. The molecule has 2 rings (SSSR count). The fourth-order valence-corrected chi connectivity index (χ4v) is 3.12. The van der Waals surface area contributed by atoms with Crippen molar-refractivity contribution >= 4 is 0 Å². The summed E-state index contributed by atoms with van der Waals surface area (Å²) < 4.78 is 0. The van der Waals surface area contributed by atoms with Gasteiger partial charge in [-0.3, -0.25) is 0 Å². The third-order valence-corrected chi connectivity index (χ3v) is 3.82. The lowest BCUT2D eigenvalue weighted by Gasteiger charge is -2.21. The first-order valence-electron chi connectivity index (χ1n) is 5.71. The fraction of sp³-hybridized carbons (Fsp3) is 0.833. The van der Waals surface area contributed by atoms with Crippen molar-refractivity contribution in [1.29, 1.82) is 0 Å². The highest BCUT2D eigenvalue weighted by atomic mass is 14.9. The van der Waals surface area contributed by atoms with Gasteiger partial charge in [-0.1, -0.05) is 12.5 Å². The molecule has 1 N–H and O–H groups in total. The third kappa shape index (κ3) is 2.14. The van der Waals surface area contributed by atoms with E-state index in [-0.39, 0.29) is 0 Å². The molecule has 0 amide bonds. The van der Waals surface area contributed by atoms with Crippen LogP contribution in [0.25, 0.3) is 0 Å². The van der Waals surface area contributed by atoms with Crippen LogP contribution in [-0.4, -0.2) is 13.1 Å². The molecule has 2 saturated carbocycles. The Labute approximate surface area is 81.6 Å². The van der Waals surface area contributed by atoms with E-state index in [0.29, 0.717) is 0 Å². The van der Waals surface area contributed by atoms with Gasteiger partial charge in [0.05, 0.1) is 0 Å². The molecule has 2 aliphatic carbocycles. The van der Waals surface area contributed by atoms with Crippen molar-refractivity contribution in [3.05, 3.63) is 12.7 Å². The molecular formula is C12H21N. The van der Waals surface area contributed by atoms with E-state index in [0.717, 1.165) is 30.7 Å². The smallest absolute Gasteiger partial charge is 0.00143 e. The Morgan fingerprint density at radius 2 is 2.23 bits per heavy atom. The van der Waals surface area contributed by atoms with Gasteiger partial charge in [0.25, 0.3) is 0 Å². The summed E-state index contributed by atoms with van der Waals surface area (Å²) in [5.74, 6) is 3.17. The molecule has 3 atom stereocenters. The zero-order valence-electron chi connectivity index (χ0n) is 8.47. The molecule has 0 heterocycles. The zero-order valence-corrected chi connectivity index (χ0v) is 8.47. The van der Waals surface area contributed by atoms with E-state index in [1.165, 1.54) is 32.2 Å². The lowest BCUT2D eigenvalue weighted by molar-refractivity contribution is 0.320. The van der Waals surface area contributed by atoms with Crippen LogP contribution in [0, 0.1) is 17.8 Å². The SMILES string of the molecule is C=CCCNCC1CC2CCC1C2. The molecule has 1 nitrogen and oxygen atoms in total. The lowest BCUT2D eigenvalue weighted by atomic mass is 9.89. The van der Waals surface area contributed by atoms with Crippen LogP contribution in [0.3, 0.4) is 0 Å². The summed E-state index contributed by atoms with van der Waals surface area (Å²) >= 11 is 0. The second-order valence-corrected chi connectivity index (χ2v) is 4.72. The molecular weight excluding hydrogens is 158 g/mol. The van der Waals surface area contributed by atoms with E-state index in [4.69, 9.17) is 0 Å². The van der Waals surface area contributed by atoms with Crippen LogP contribution in [0.4, 0.5) is 0 Å². The summed E-state index contributed by atoms with van der Waals surface area (Å²) in [6, 6.07) is 0. The van der Waals surface area contributed by atoms with Crippen molar-refractivity contribution in [3.63, 3.8) is 0 Å². The molecule has 13 heavy (non-hydrogen) atoms. The van der Waals surface area contributed by atoms with Crippen molar-refractivity contribution in [3.8, 4) is 0 Å². The van der Waals surface area contributed by atoms with Gasteiger partial charge in [0.15, 0.2) is 0 Å². The van der Waals surface area contributed by atoms with Crippen molar-refractivity contribution in [2.45, 2.75) is 32.1 Å². The minimum absolute atomic E-state index is 1.00. The highest BCUT2D eigenvalue weighted by molar-refractivity contribution is 4.90. The van der Waals surface area contributed by atoms with Crippen LogP contribution >= 0.6 is 0 Å². The van der Waals surface area contributed by atoms with Gasteiger partial charge in [0.1, 0.15) is 0 Å². The van der Waals surface area contributed by atoms with E-state index < -0.39 is 0 Å². The maximum atomic E-state index is 3.73. The van der Waals surface area contributed by atoms with Crippen LogP contribution < -0.4 is 5.32 Å². The Morgan fingerprint density at radius 1 is 1.31 bits per heavy atom. The molecule has 0 aromatic heterocycles. The van der Waals surface area contributed by atoms with Crippen LogP contribution in [0.15, 0.2) is 12.7 Å². The second-order valence-electron chi connectivity index (χ2n) is 4.72. The molecule has 3 unspecified atom stereocenters. The minimum Gasteiger partial charge on any atom is -0.316 e. The molecule has 0 radical (unpaired) electrons. The molecule has 0 saturated heterocycles. The monoisotopic (exact) mass is 179 g/mol. The second kappa shape index (κ2) is 4.28. The van der Waals surface area contributed by atoms with E-state index in [2.05, 4.69) is 11.9 Å². The standard InChI is InChI=1S/C12H21N/c1-2-3-6-13-9-12-8-10-4-5-11(12)7-10/h2,10-13H,1,3-9H2. The van der Waals surface area contributed by atoms with Gasteiger partial charge in [0, 0.05) is 0 Å². The van der Waals surface area contributed by atoms with E-state index in [1.807, 2.05) is 6.08 Å². The van der Waals surface area contributed by atoms with Crippen molar-refractivity contribution in [1.82, 2.24) is 5.32 Å². The highest BCUT2D eigenvalue weighted by Gasteiger charge is 2.38. The van der Waals surface area contributed by atoms with E-state index in [1.54, 1.807) is 0 Å². The average molecular weight is 179 g/mol. The van der Waals surface area contributed by atoms with Crippen LogP contribution in [0.5, 0.6) is 0 Å². The summed E-state index contributed by atoms with van der Waals surface area (Å²) in [6.07, 6.45) is 9.18. The Kier molecular flexibility index (Phi) is 3.05. The van der Waals surface area contributed by atoms with Gasteiger partial charge in [-0.05, 0) is 56.5 Å². The molecule has 0 spiro atoms. The number of rotatable bonds is 5. The van der Waals surface area contributed by atoms with Gasteiger partial charge in [-0.15, -0.1) is 6.58 Å². The molecule has 0 aromatic carbocycles. The van der Waals surface area contributed by atoms with E-state index in [9.17, 15) is 0 Å². The largest absolute Gasteiger partial charge is 0.316 e. The highest BCUT2D eigenvalue weighted by Crippen LogP contribution is 2.47. The molecule has 2 fully saturated rings. The molecule has 2 aliphatic rings. The summed E-state index contributed by atoms with van der Waals surface area (Å²) in [4.78, 5) is 0. The van der Waals surface area contributed by atoms with Gasteiger partial charge in [0.2, 0.25) is 0 Å². The van der Waals surface area contributed by atoms with Gasteiger partial charge >= 0.3 is 0 Å². The first-order chi connectivity index (χ1) is 6.40. The third-order valence-electron chi connectivity index (χ3n) is 3.82. The quantitative estimate of drug-likeness (QED) is 0.505. The first-order valence-corrected chi connectivity index (χ1v) is 5.71. The van der Waals surface area contributed by atoms with Crippen molar-refractivity contribution in [2.75, 3.05) is 13.1 Å². The Bertz CT molecular complexity index is 176. The lowest BCUT2D eigenvalue weighted by Crippen LogP contribution is -2.27. The predicted molar refractivity (Wildman–Crippen MR) is 56.6 cm³/mol. The summed E-state index contributed by atoms with van der Waals surface area (Å²) in [7, 11) is 0. The summed E-state index contributed by atoms with van der Waals surface area (Å²) in [5.41, 5.74) is 0. The van der Waals surface area contributed by atoms with Crippen molar-refractivity contribution in [2.24, 2.45) is 17.8 Å². The van der Waals surface area contributed by atoms with Gasteiger partial charge < -0.3 is 5.32 Å². The fourth-order valence-electron chi connectivity index (χ4n) is 3.12. The summed E-state index contributed by atoms with van der Waals surface area (Å²) in [6.45, 7) is 6.11. The number of hydrogen-bond donors (Lipinski definition) is 1. The molecule has 1 heteroatoms. The molecule has 0 aliphatic heterocycles. The van der Waals surface area contributed by atoms with Crippen LogP contribution in [-0.2, 0) is 0 Å². The molecule has 2 bridgehead atoms. The number of hydrogen-bond acceptors (Lipinski definition) is 1. The van der Waals surface area contributed by atoms with Crippen LogP contribution in [0.1, 0.15) is 32.1 Å². The summed E-state index contributed by atoms with van der Waals surface area (Å²) in [5, 5.41) is 3.54. The normalized spacial score (nSPS) is 36.8. The van der Waals surface area contributed by atoms with Crippen molar-refractivity contribution < 1.29 is 0 Å². The average Bonchev–Trinajstić information content (AvgIpc) is 2.73. The maximum Gasteiger partial charge on any atom is -0.00143 e. The van der Waals surface area contributed by atoms with Crippen LogP contribution in [0.2, 0.25) is 0 Å². The Morgan fingerprint density at radius 3 is 2.85 bits per heavy atom. The predicted octanol–water partition coefficient (Wildman–Crippen LogP) is 2.59. The molecule has 74 valence electrons. The zero-order chi connectivity index (χ0) is 9.10. The van der Waals surface area contributed by atoms with E-state index >= 15 is 0 Å².